The fourth-order valence-corrected chi connectivity index (χ4v) is 3.97. The summed E-state index contributed by atoms with van der Waals surface area (Å²) in [6, 6.07) is 3.94. The van der Waals surface area contributed by atoms with Gasteiger partial charge < -0.3 is 20.7 Å². The smallest absolute Gasteiger partial charge is 0.406 e. The van der Waals surface area contributed by atoms with Crippen molar-refractivity contribution in [2.45, 2.75) is 51.6 Å². The van der Waals surface area contributed by atoms with Crippen LogP contribution in [0.25, 0.3) is 11.2 Å². The van der Waals surface area contributed by atoms with Gasteiger partial charge in [0.15, 0.2) is 5.65 Å². The molecule has 0 amide bonds. The highest BCUT2D eigenvalue weighted by Gasteiger charge is 2.31. The second kappa shape index (κ2) is 8.86. The number of nitrogens with zero attached hydrogens (tertiary/aromatic N) is 4. The number of hydrogen-bond acceptors (Lipinski definition) is 7. The van der Waals surface area contributed by atoms with Crippen LogP contribution in [0.3, 0.4) is 0 Å². The van der Waals surface area contributed by atoms with Gasteiger partial charge in [-0.1, -0.05) is 11.6 Å². The summed E-state index contributed by atoms with van der Waals surface area (Å²) in [5, 5.41) is 9.80. The molecule has 0 radical (unpaired) electrons. The Balaban J connectivity index is 1.75. The summed E-state index contributed by atoms with van der Waals surface area (Å²) in [6.07, 6.45) is -1.49. The van der Waals surface area contributed by atoms with E-state index in [9.17, 15) is 13.2 Å². The molecule has 0 saturated carbocycles. The van der Waals surface area contributed by atoms with Crippen LogP contribution in [-0.2, 0) is 0 Å². The highest BCUT2D eigenvalue weighted by Crippen LogP contribution is 2.34. The summed E-state index contributed by atoms with van der Waals surface area (Å²) < 4.78 is 44.1. The number of anilines is 3. The quantitative estimate of drug-likeness (QED) is 0.456. The second-order valence-corrected chi connectivity index (χ2v) is 9.35. The van der Waals surface area contributed by atoms with E-state index in [2.05, 4.69) is 30.7 Å². The molecule has 0 aliphatic carbocycles. The molecule has 1 aliphatic heterocycles. The van der Waals surface area contributed by atoms with Crippen LogP contribution in [0.5, 0.6) is 5.75 Å². The van der Waals surface area contributed by atoms with Crippen LogP contribution in [0.4, 0.5) is 30.8 Å². The molecule has 0 bridgehead atoms. The second-order valence-electron chi connectivity index (χ2n) is 8.91. The monoisotopic (exact) mass is 483 g/mol. The number of benzene rings is 1. The number of halogens is 4. The van der Waals surface area contributed by atoms with Crippen LogP contribution in [0.15, 0.2) is 24.4 Å². The molecular weight excluding hydrogens is 459 g/mol. The van der Waals surface area contributed by atoms with Gasteiger partial charge in [-0.25, -0.2) is 9.97 Å². The third-order valence-electron chi connectivity index (χ3n) is 4.95. The first-order valence-electron chi connectivity index (χ1n) is 10.5. The molecule has 2 aromatic heterocycles. The lowest BCUT2D eigenvalue weighted by Gasteiger charge is -2.26. The molecule has 0 unspecified atom stereocenters. The van der Waals surface area contributed by atoms with Crippen molar-refractivity contribution in [3.8, 4) is 5.75 Å². The van der Waals surface area contributed by atoms with Gasteiger partial charge in [-0.3, -0.25) is 4.57 Å². The van der Waals surface area contributed by atoms with Crippen LogP contribution in [0, 0.1) is 0 Å². The number of hydrogen-bond donors (Lipinski definition) is 3. The Morgan fingerprint density at radius 2 is 1.85 bits per heavy atom. The van der Waals surface area contributed by atoms with Crippen LogP contribution in [0.1, 0.15) is 39.7 Å². The number of fused-ring (bicyclic) bond motifs is 1. The number of ether oxygens (including phenoxy) is 1. The van der Waals surface area contributed by atoms with E-state index in [4.69, 9.17) is 16.6 Å². The average Bonchev–Trinajstić information content (AvgIpc) is 3.02. The Hall–Kier alpha value is -2.79. The van der Waals surface area contributed by atoms with E-state index in [0.29, 0.717) is 28.7 Å². The molecule has 3 heterocycles. The van der Waals surface area contributed by atoms with Crippen molar-refractivity contribution in [1.82, 2.24) is 24.8 Å². The zero-order valence-electron chi connectivity index (χ0n) is 18.4. The molecule has 1 saturated heterocycles. The standard InChI is InChI=1S/C21H25ClF3N7O/c1-20(2,3)31-18-27-11-16-17(30-18)32(14-4-6-26-7-5-14)19(29-16)28-13-8-12(22)9-15(10-13)33-21(23,24)25/h8-11,14,26H,4-7H2,1-3H3,(H,28,29)(H,27,30,31). The molecule has 8 nitrogen and oxygen atoms in total. The zero-order chi connectivity index (χ0) is 23.8. The molecule has 3 N–H and O–H groups in total. The number of rotatable bonds is 5. The minimum atomic E-state index is -4.82. The molecule has 0 spiro atoms. The highest BCUT2D eigenvalue weighted by atomic mass is 35.5. The fourth-order valence-electron chi connectivity index (χ4n) is 3.74. The minimum Gasteiger partial charge on any atom is -0.406 e. The Bertz CT molecular complexity index is 1140. The van der Waals surface area contributed by atoms with Crippen molar-refractivity contribution in [1.29, 1.82) is 0 Å². The van der Waals surface area contributed by atoms with E-state index in [1.165, 1.54) is 12.1 Å². The van der Waals surface area contributed by atoms with E-state index < -0.39 is 12.1 Å². The third-order valence-corrected chi connectivity index (χ3v) is 5.17. The summed E-state index contributed by atoms with van der Waals surface area (Å²) in [5.74, 6) is 0.498. The number of alkyl halides is 3. The summed E-state index contributed by atoms with van der Waals surface area (Å²) in [4.78, 5) is 13.7. The maximum atomic E-state index is 12.7. The van der Waals surface area contributed by atoms with Gasteiger partial charge in [0.2, 0.25) is 11.9 Å². The first-order chi connectivity index (χ1) is 15.5. The SMILES string of the molecule is CC(C)(C)Nc1ncc2nc(Nc3cc(Cl)cc(OC(F)(F)F)c3)n(C3CCNCC3)c2n1. The van der Waals surface area contributed by atoms with Crippen molar-refractivity contribution in [2.75, 3.05) is 23.7 Å². The van der Waals surface area contributed by atoms with E-state index in [1.807, 2.05) is 25.3 Å². The number of nitrogens with one attached hydrogen (secondary N) is 3. The van der Waals surface area contributed by atoms with E-state index >= 15 is 0 Å². The van der Waals surface area contributed by atoms with Crippen LogP contribution >= 0.6 is 11.6 Å². The molecular formula is C21H25ClF3N7O. The fraction of sp³-hybridized carbons (Fsp3) is 0.476. The molecule has 1 aliphatic rings. The van der Waals surface area contributed by atoms with Gasteiger partial charge in [-0.15, -0.1) is 13.2 Å². The van der Waals surface area contributed by atoms with Gasteiger partial charge >= 0.3 is 6.36 Å². The van der Waals surface area contributed by atoms with Gasteiger partial charge in [-0.2, -0.15) is 4.98 Å². The Morgan fingerprint density at radius 3 is 2.52 bits per heavy atom. The van der Waals surface area contributed by atoms with Gasteiger partial charge in [0.25, 0.3) is 0 Å². The summed E-state index contributed by atoms with van der Waals surface area (Å²) in [6.45, 7) is 7.71. The van der Waals surface area contributed by atoms with Crippen LogP contribution in [-0.4, -0.2) is 44.5 Å². The number of aromatic nitrogens is 4. The lowest BCUT2D eigenvalue weighted by molar-refractivity contribution is -0.274. The van der Waals surface area contributed by atoms with Crippen molar-refractivity contribution >= 4 is 40.3 Å². The van der Waals surface area contributed by atoms with Gasteiger partial charge in [0.1, 0.15) is 11.3 Å². The van der Waals surface area contributed by atoms with E-state index in [1.54, 1.807) is 6.20 Å². The topological polar surface area (TPSA) is 88.9 Å². The third kappa shape index (κ3) is 5.97. The largest absolute Gasteiger partial charge is 0.573 e. The van der Waals surface area contributed by atoms with Crippen molar-refractivity contribution in [3.05, 3.63) is 29.4 Å². The summed E-state index contributed by atoms with van der Waals surface area (Å²) in [7, 11) is 0. The Morgan fingerprint density at radius 1 is 1.12 bits per heavy atom. The maximum Gasteiger partial charge on any atom is 0.573 e. The molecule has 178 valence electrons. The summed E-state index contributed by atoms with van der Waals surface area (Å²) in [5.41, 5.74) is 1.29. The molecule has 4 rings (SSSR count). The average molecular weight is 484 g/mol. The van der Waals surface area contributed by atoms with Gasteiger partial charge in [0, 0.05) is 28.4 Å². The number of imidazole rings is 1. The van der Waals surface area contributed by atoms with Crippen LogP contribution in [0.2, 0.25) is 5.02 Å². The van der Waals surface area contributed by atoms with Crippen molar-refractivity contribution in [3.63, 3.8) is 0 Å². The molecule has 1 aromatic carbocycles. The van der Waals surface area contributed by atoms with Crippen molar-refractivity contribution in [2.24, 2.45) is 0 Å². The number of piperidine rings is 1. The normalized spacial score (nSPS) is 15.6. The molecule has 0 atom stereocenters. The first-order valence-corrected chi connectivity index (χ1v) is 10.9. The van der Waals surface area contributed by atoms with E-state index in [0.717, 1.165) is 32.0 Å². The molecule has 3 aromatic rings. The Kier molecular flexibility index (Phi) is 6.28. The molecule has 33 heavy (non-hydrogen) atoms. The minimum absolute atomic E-state index is 0.0974. The van der Waals surface area contributed by atoms with Gasteiger partial charge in [0.05, 0.1) is 6.20 Å². The first kappa shape index (κ1) is 23.4. The lowest BCUT2D eigenvalue weighted by Crippen LogP contribution is -2.30. The molecule has 1 fully saturated rings. The predicted molar refractivity (Wildman–Crippen MR) is 121 cm³/mol. The van der Waals surface area contributed by atoms with Crippen LogP contribution < -0.4 is 20.7 Å². The van der Waals surface area contributed by atoms with Crippen molar-refractivity contribution < 1.29 is 17.9 Å². The summed E-state index contributed by atoms with van der Waals surface area (Å²) >= 11 is 6.04. The van der Waals surface area contributed by atoms with E-state index in [-0.39, 0.29) is 16.6 Å². The predicted octanol–water partition coefficient (Wildman–Crippen LogP) is 5.26. The Labute approximate surface area is 193 Å². The maximum absolute atomic E-state index is 12.7. The molecule has 12 heteroatoms. The van der Waals surface area contributed by atoms with Gasteiger partial charge in [-0.05, 0) is 58.8 Å². The lowest BCUT2D eigenvalue weighted by atomic mass is 10.1. The highest BCUT2D eigenvalue weighted by molar-refractivity contribution is 6.31. The zero-order valence-corrected chi connectivity index (χ0v) is 19.2.